The van der Waals surface area contributed by atoms with E-state index in [1.54, 1.807) is 17.5 Å². The van der Waals surface area contributed by atoms with Crippen molar-refractivity contribution in [1.29, 1.82) is 0 Å². The maximum absolute atomic E-state index is 11.7. The first kappa shape index (κ1) is 14.0. The molecule has 2 aromatic rings. The van der Waals surface area contributed by atoms with Crippen LogP contribution in [0.15, 0.2) is 28.1 Å². The first-order valence-electron chi connectivity index (χ1n) is 7.62. The number of fused-ring (bicyclic) bond motifs is 1. The SMILES string of the molecule is O=C(O)[C@@]12CCC[C@H]1CN(Cc1ncc(-c3cccs3)o1)C2. The van der Waals surface area contributed by atoms with E-state index >= 15 is 0 Å². The molecule has 0 bridgehead atoms. The molecule has 1 saturated heterocycles. The molecule has 22 heavy (non-hydrogen) atoms. The fourth-order valence-electron chi connectivity index (χ4n) is 3.97. The Hall–Kier alpha value is -1.66. The predicted octanol–water partition coefficient (Wildman–Crippen LogP) is 3.09. The zero-order valence-electron chi connectivity index (χ0n) is 12.2. The molecule has 2 fully saturated rings. The van der Waals surface area contributed by atoms with E-state index in [2.05, 4.69) is 9.88 Å². The number of oxazole rings is 1. The summed E-state index contributed by atoms with van der Waals surface area (Å²) in [4.78, 5) is 19.3. The van der Waals surface area contributed by atoms with Gasteiger partial charge in [0.25, 0.3) is 0 Å². The minimum Gasteiger partial charge on any atom is -0.481 e. The van der Waals surface area contributed by atoms with Gasteiger partial charge in [0.05, 0.1) is 23.0 Å². The van der Waals surface area contributed by atoms with Crippen molar-refractivity contribution in [3.05, 3.63) is 29.6 Å². The molecule has 6 heteroatoms. The van der Waals surface area contributed by atoms with Gasteiger partial charge in [0.15, 0.2) is 5.76 Å². The van der Waals surface area contributed by atoms with Crippen molar-refractivity contribution >= 4 is 17.3 Å². The molecule has 1 aliphatic carbocycles. The van der Waals surface area contributed by atoms with E-state index in [-0.39, 0.29) is 5.92 Å². The Bertz CT molecular complexity index is 681. The Morgan fingerprint density at radius 2 is 2.50 bits per heavy atom. The molecule has 1 aliphatic heterocycles. The number of rotatable bonds is 4. The van der Waals surface area contributed by atoms with Gasteiger partial charge in [-0.3, -0.25) is 9.69 Å². The molecule has 0 aromatic carbocycles. The molecule has 1 saturated carbocycles. The van der Waals surface area contributed by atoms with Crippen LogP contribution < -0.4 is 0 Å². The Morgan fingerprint density at radius 3 is 3.23 bits per heavy atom. The van der Waals surface area contributed by atoms with Crippen LogP contribution in [0.4, 0.5) is 0 Å². The lowest BCUT2D eigenvalue weighted by atomic mass is 9.81. The van der Waals surface area contributed by atoms with Crippen LogP contribution in [-0.2, 0) is 11.3 Å². The first-order chi connectivity index (χ1) is 10.7. The number of carboxylic acids is 1. The van der Waals surface area contributed by atoms with Gasteiger partial charge in [-0.2, -0.15) is 0 Å². The van der Waals surface area contributed by atoms with Gasteiger partial charge >= 0.3 is 5.97 Å². The summed E-state index contributed by atoms with van der Waals surface area (Å²) >= 11 is 1.62. The third-order valence-electron chi connectivity index (χ3n) is 5.04. The summed E-state index contributed by atoms with van der Waals surface area (Å²) in [6.45, 7) is 2.05. The average molecular weight is 318 g/mol. The van der Waals surface area contributed by atoms with Crippen LogP contribution >= 0.6 is 11.3 Å². The predicted molar refractivity (Wildman–Crippen MR) is 82.5 cm³/mol. The third-order valence-corrected chi connectivity index (χ3v) is 5.93. The molecule has 1 N–H and O–H groups in total. The molecule has 116 valence electrons. The van der Waals surface area contributed by atoms with Gasteiger partial charge in [-0.05, 0) is 30.2 Å². The number of aromatic nitrogens is 1. The molecule has 5 nitrogen and oxygen atoms in total. The van der Waals surface area contributed by atoms with Crippen molar-refractivity contribution in [3.63, 3.8) is 0 Å². The van der Waals surface area contributed by atoms with Crippen LogP contribution in [0.3, 0.4) is 0 Å². The van der Waals surface area contributed by atoms with Gasteiger partial charge in [-0.25, -0.2) is 4.98 Å². The van der Waals surface area contributed by atoms with Crippen LogP contribution in [0.1, 0.15) is 25.2 Å². The molecule has 0 radical (unpaired) electrons. The average Bonchev–Trinajstić information content (AvgIpc) is 3.22. The van der Waals surface area contributed by atoms with Crippen LogP contribution in [0.5, 0.6) is 0 Å². The van der Waals surface area contributed by atoms with Crippen LogP contribution in [0.25, 0.3) is 10.6 Å². The molecule has 0 spiro atoms. The van der Waals surface area contributed by atoms with Crippen LogP contribution in [0.2, 0.25) is 0 Å². The Balaban J connectivity index is 1.48. The van der Waals surface area contributed by atoms with Gasteiger partial charge in [0.1, 0.15) is 0 Å². The van der Waals surface area contributed by atoms with Crippen LogP contribution in [0, 0.1) is 11.3 Å². The normalized spacial score (nSPS) is 28.1. The summed E-state index contributed by atoms with van der Waals surface area (Å²) in [5.41, 5.74) is -0.539. The lowest BCUT2D eigenvalue weighted by molar-refractivity contribution is -0.149. The molecule has 0 amide bonds. The number of thiophene rings is 1. The number of aliphatic carboxylic acids is 1. The second-order valence-electron chi connectivity index (χ2n) is 6.32. The van der Waals surface area contributed by atoms with E-state index in [1.165, 1.54) is 0 Å². The van der Waals surface area contributed by atoms with Crippen molar-refractivity contribution in [2.24, 2.45) is 11.3 Å². The van der Waals surface area contributed by atoms with E-state index < -0.39 is 11.4 Å². The van der Waals surface area contributed by atoms with Crippen molar-refractivity contribution in [1.82, 2.24) is 9.88 Å². The third kappa shape index (κ3) is 2.18. The molecule has 2 aromatic heterocycles. The number of hydrogen-bond acceptors (Lipinski definition) is 5. The van der Waals surface area contributed by atoms with Crippen LogP contribution in [-0.4, -0.2) is 34.0 Å². The summed E-state index contributed by atoms with van der Waals surface area (Å²) in [6.07, 6.45) is 4.61. The van der Waals surface area contributed by atoms with Crippen molar-refractivity contribution in [2.45, 2.75) is 25.8 Å². The second kappa shape index (κ2) is 5.21. The van der Waals surface area contributed by atoms with Crippen molar-refractivity contribution in [3.8, 4) is 10.6 Å². The van der Waals surface area contributed by atoms with Crippen molar-refractivity contribution < 1.29 is 14.3 Å². The number of carboxylic acid groups (broad SMARTS) is 1. The molecule has 0 unspecified atom stereocenters. The highest BCUT2D eigenvalue weighted by atomic mass is 32.1. The molecular formula is C16H18N2O3S. The highest BCUT2D eigenvalue weighted by Gasteiger charge is 2.54. The lowest BCUT2D eigenvalue weighted by Gasteiger charge is -2.23. The molecule has 3 heterocycles. The molecule has 2 aliphatic rings. The fraction of sp³-hybridized carbons (Fsp3) is 0.500. The topological polar surface area (TPSA) is 66.6 Å². The van der Waals surface area contributed by atoms with Crippen molar-refractivity contribution in [2.75, 3.05) is 13.1 Å². The minimum absolute atomic E-state index is 0.275. The zero-order chi connectivity index (χ0) is 15.2. The second-order valence-corrected chi connectivity index (χ2v) is 7.26. The largest absolute Gasteiger partial charge is 0.481 e. The molecule has 2 atom stereocenters. The first-order valence-corrected chi connectivity index (χ1v) is 8.50. The van der Waals surface area contributed by atoms with E-state index in [0.717, 1.165) is 36.4 Å². The Labute approximate surface area is 132 Å². The summed E-state index contributed by atoms with van der Waals surface area (Å²) in [5.74, 6) is 1.10. The van der Waals surface area contributed by atoms with Gasteiger partial charge in [-0.15, -0.1) is 11.3 Å². The summed E-state index contributed by atoms with van der Waals surface area (Å²) in [7, 11) is 0. The Kier molecular flexibility index (Phi) is 3.31. The number of carbonyl (C=O) groups is 1. The summed E-state index contributed by atoms with van der Waals surface area (Å²) in [6, 6.07) is 4.00. The fourth-order valence-corrected chi connectivity index (χ4v) is 4.64. The van der Waals surface area contributed by atoms with Gasteiger partial charge < -0.3 is 9.52 Å². The minimum atomic E-state index is -0.635. The summed E-state index contributed by atoms with van der Waals surface area (Å²) < 4.78 is 5.82. The quantitative estimate of drug-likeness (QED) is 0.938. The monoisotopic (exact) mass is 318 g/mol. The number of hydrogen-bond donors (Lipinski definition) is 1. The maximum Gasteiger partial charge on any atom is 0.311 e. The standard InChI is InChI=1S/C16H18N2O3S/c19-15(20)16-5-1-3-11(16)8-18(10-16)9-14-17-7-12(21-14)13-4-2-6-22-13/h2,4,6-7,11H,1,3,5,8-10H2,(H,19,20)/t11-,16+/m0/s1. The zero-order valence-corrected chi connectivity index (χ0v) is 13.0. The van der Waals surface area contributed by atoms with Gasteiger partial charge in [0.2, 0.25) is 5.89 Å². The molecule has 4 rings (SSSR count). The summed E-state index contributed by atoms with van der Waals surface area (Å²) in [5, 5.41) is 11.6. The van der Waals surface area contributed by atoms with E-state index in [1.807, 2.05) is 17.5 Å². The lowest BCUT2D eigenvalue weighted by Crippen LogP contribution is -2.35. The van der Waals surface area contributed by atoms with E-state index in [0.29, 0.717) is 19.0 Å². The number of nitrogens with zero attached hydrogens (tertiary/aromatic N) is 2. The highest BCUT2D eigenvalue weighted by molar-refractivity contribution is 7.13. The highest BCUT2D eigenvalue weighted by Crippen LogP contribution is 2.49. The van der Waals surface area contributed by atoms with E-state index in [9.17, 15) is 9.90 Å². The number of likely N-dealkylation sites (tertiary alicyclic amines) is 1. The van der Waals surface area contributed by atoms with E-state index in [4.69, 9.17) is 4.42 Å². The van der Waals surface area contributed by atoms with Gasteiger partial charge in [-0.1, -0.05) is 12.5 Å². The van der Waals surface area contributed by atoms with Gasteiger partial charge in [0, 0.05) is 13.1 Å². The smallest absolute Gasteiger partial charge is 0.311 e. The Morgan fingerprint density at radius 1 is 1.59 bits per heavy atom. The maximum atomic E-state index is 11.7. The molecular weight excluding hydrogens is 300 g/mol.